The van der Waals surface area contributed by atoms with Crippen molar-refractivity contribution in [3.8, 4) is 10.4 Å². The van der Waals surface area contributed by atoms with Gasteiger partial charge in [0.1, 0.15) is 5.69 Å². The summed E-state index contributed by atoms with van der Waals surface area (Å²) >= 11 is 5.09. The second kappa shape index (κ2) is 10.0. The van der Waals surface area contributed by atoms with Gasteiger partial charge in [0.15, 0.2) is 0 Å². The van der Waals surface area contributed by atoms with Crippen LogP contribution in [0, 0.1) is 6.92 Å². The fraction of sp³-hybridized carbons (Fsp3) is 0.370. The Morgan fingerprint density at radius 1 is 1.12 bits per heavy atom. The third-order valence-electron chi connectivity index (χ3n) is 6.53. The minimum atomic E-state index is -0.121. The molecular formula is C27H28BrN3O2S. The molecule has 1 N–H and O–H groups in total. The summed E-state index contributed by atoms with van der Waals surface area (Å²) in [5.41, 5.74) is 3.41. The molecule has 0 unspecified atom stereocenters. The topological polar surface area (TPSA) is 62.3 Å². The molecule has 2 heterocycles. The fourth-order valence-electron chi connectivity index (χ4n) is 4.53. The van der Waals surface area contributed by atoms with Gasteiger partial charge in [-0.15, -0.1) is 11.3 Å². The number of nitrogens with zero attached hydrogens (tertiary/aromatic N) is 2. The summed E-state index contributed by atoms with van der Waals surface area (Å²) in [4.78, 5) is 34.3. The Morgan fingerprint density at radius 3 is 2.71 bits per heavy atom. The van der Waals surface area contributed by atoms with Crippen LogP contribution in [0.5, 0.6) is 0 Å². The lowest BCUT2D eigenvalue weighted by atomic mass is 10.0. The zero-order valence-electron chi connectivity index (χ0n) is 19.2. The standard InChI is InChI=1S/C27H28BrN3O2S/c1-17-6-4-7-19(14-17)24-23(30-26(34-24)18-11-12-18)27(33)31-13-3-2-10-22(31)16-29-25(32)20-8-5-9-21(28)15-20/h4-9,14-15,18,22H,2-3,10-13,16H2,1H3,(H,29,32)/t22-/m0/s1. The molecule has 5 rings (SSSR count). The summed E-state index contributed by atoms with van der Waals surface area (Å²) in [6.45, 7) is 3.21. The summed E-state index contributed by atoms with van der Waals surface area (Å²) in [5, 5.41) is 4.13. The van der Waals surface area contributed by atoms with E-state index in [0.29, 0.717) is 30.3 Å². The van der Waals surface area contributed by atoms with Crippen LogP contribution in [0.3, 0.4) is 0 Å². The van der Waals surface area contributed by atoms with Gasteiger partial charge in [-0.3, -0.25) is 9.59 Å². The number of thiazole rings is 1. The molecular weight excluding hydrogens is 510 g/mol. The zero-order valence-corrected chi connectivity index (χ0v) is 21.6. The van der Waals surface area contributed by atoms with E-state index >= 15 is 0 Å². The Bertz CT molecular complexity index is 1220. The van der Waals surface area contributed by atoms with E-state index < -0.39 is 0 Å². The Kier molecular flexibility index (Phi) is 6.84. The fourth-order valence-corrected chi connectivity index (χ4v) is 6.15. The van der Waals surface area contributed by atoms with Gasteiger partial charge in [0.25, 0.3) is 11.8 Å². The van der Waals surface area contributed by atoms with Crippen molar-refractivity contribution < 1.29 is 9.59 Å². The summed E-state index contributed by atoms with van der Waals surface area (Å²) in [7, 11) is 0. The van der Waals surface area contributed by atoms with Gasteiger partial charge in [-0.25, -0.2) is 4.98 Å². The largest absolute Gasteiger partial charge is 0.350 e. The molecule has 0 radical (unpaired) electrons. The second-order valence-electron chi connectivity index (χ2n) is 9.24. The number of piperidine rings is 1. The molecule has 34 heavy (non-hydrogen) atoms. The number of likely N-dealkylation sites (tertiary alicyclic amines) is 1. The van der Waals surface area contributed by atoms with Crippen LogP contribution < -0.4 is 5.32 Å². The van der Waals surface area contributed by atoms with E-state index in [0.717, 1.165) is 52.0 Å². The van der Waals surface area contributed by atoms with Crippen molar-refractivity contribution in [3.63, 3.8) is 0 Å². The van der Waals surface area contributed by atoms with Gasteiger partial charge in [0.05, 0.1) is 9.88 Å². The molecule has 5 nitrogen and oxygen atoms in total. The molecule has 2 aliphatic rings. The van der Waals surface area contributed by atoms with Crippen LogP contribution in [0.2, 0.25) is 0 Å². The molecule has 2 amide bonds. The van der Waals surface area contributed by atoms with E-state index in [1.54, 1.807) is 17.4 Å². The highest BCUT2D eigenvalue weighted by molar-refractivity contribution is 9.10. The van der Waals surface area contributed by atoms with Crippen LogP contribution in [-0.2, 0) is 0 Å². The van der Waals surface area contributed by atoms with E-state index in [1.807, 2.05) is 29.2 Å². The lowest BCUT2D eigenvalue weighted by molar-refractivity contribution is 0.0598. The third kappa shape index (κ3) is 5.10. The summed E-state index contributed by atoms with van der Waals surface area (Å²) in [5.74, 6) is 0.363. The number of hydrogen-bond donors (Lipinski definition) is 1. The van der Waals surface area contributed by atoms with Gasteiger partial charge < -0.3 is 10.2 Å². The van der Waals surface area contributed by atoms with Crippen molar-refractivity contribution >= 4 is 39.1 Å². The lowest BCUT2D eigenvalue weighted by Gasteiger charge is -2.35. The molecule has 1 aliphatic heterocycles. The molecule has 2 fully saturated rings. The predicted octanol–water partition coefficient (Wildman–Crippen LogP) is 6.18. The molecule has 2 aromatic carbocycles. The average molecular weight is 539 g/mol. The number of benzene rings is 2. The predicted molar refractivity (Wildman–Crippen MR) is 139 cm³/mol. The average Bonchev–Trinajstić information content (AvgIpc) is 3.60. The molecule has 1 aliphatic carbocycles. The number of rotatable bonds is 6. The number of carbonyl (C=O) groups excluding carboxylic acids is 2. The van der Waals surface area contributed by atoms with Crippen molar-refractivity contribution in [3.05, 3.63) is 74.8 Å². The van der Waals surface area contributed by atoms with Gasteiger partial charge in [-0.1, -0.05) is 51.8 Å². The van der Waals surface area contributed by atoms with Crippen LogP contribution in [0.1, 0.15) is 69.4 Å². The first-order chi connectivity index (χ1) is 16.5. The van der Waals surface area contributed by atoms with Crippen molar-refractivity contribution in [2.45, 2.75) is 51.0 Å². The van der Waals surface area contributed by atoms with Gasteiger partial charge in [0, 0.05) is 35.1 Å². The van der Waals surface area contributed by atoms with E-state index in [-0.39, 0.29) is 17.9 Å². The van der Waals surface area contributed by atoms with Crippen molar-refractivity contribution in [1.29, 1.82) is 0 Å². The van der Waals surface area contributed by atoms with Crippen molar-refractivity contribution in [2.75, 3.05) is 13.1 Å². The smallest absolute Gasteiger partial charge is 0.274 e. The molecule has 0 spiro atoms. The van der Waals surface area contributed by atoms with Gasteiger partial charge in [-0.05, 0) is 62.8 Å². The van der Waals surface area contributed by atoms with Gasteiger partial charge >= 0.3 is 0 Å². The van der Waals surface area contributed by atoms with Crippen LogP contribution in [0.4, 0.5) is 0 Å². The monoisotopic (exact) mass is 537 g/mol. The molecule has 1 saturated heterocycles. The first-order valence-electron chi connectivity index (χ1n) is 11.9. The molecule has 3 aromatic rings. The van der Waals surface area contributed by atoms with Crippen molar-refractivity contribution in [2.24, 2.45) is 0 Å². The maximum absolute atomic E-state index is 13.9. The number of aromatic nitrogens is 1. The Hall–Kier alpha value is -2.51. The minimum Gasteiger partial charge on any atom is -0.350 e. The van der Waals surface area contributed by atoms with Crippen LogP contribution in [-0.4, -0.2) is 40.8 Å². The molecule has 7 heteroatoms. The second-order valence-corrected chi connectivity index (χ2v) is 11.2. The van der Waals surface area contributed by atoms with Crippen LogP contribution >= 0.6 is 27.3 Å². The number of halogens is 1. The number of hydrogen-bond acceptors (Lipinski definition) is 4. The Balaban J connectivity index is 1.37. The Morgan fingerprint density at radius 2 is 1.94 bits per heavy atom. The maximum Gasteiger partial charge on any atom is 0.274 e. The highest BCUT2D eigenvalue weighted by Crippen LogP contribution is 2.45. The van der Waals surface area contributed by atoms with Crippen LogP contribution in [0.25, 0.3) is 10.4 Å². The van der Waals surface area contributed by atoms with Gasteiger partial charge in [0.2, 0.25) is 0 Å². The maximum atomic E-state index is 13.9. The zero-order chi connectivity index (χ0) is 23.7. The summed E-state index contributed by atoms with van der Waals surface area (Å²) in [6, 6.07) is 15.6. The quantitative estimate of drug-likeness (QED) is 0.408. The molecule has 0 bridgehead atoms. The van der Waals surface area contributed by atoms with Crippen LogP contribution in [0.15, 0.2) is 53.0 Å². The van der Waals surface area contributed by atoms with E-state index in [1.165, 1.54) is 5.56 Å². The number of amides is 2. The normalized spacial score (nSPS) is 18.1. The lowest BCUT2D eigenvalue weighted by Crippen LogP contribution is -2.49. The summed E-state index contributed by atoms with van der Waals surface area (Å²) in [6.07, 6.45) is 5.21. The first-order valence-corrected chi connectivity index (χ1v) is 13.5. The Labute approximate surface area is 212 Å². The summed E-state index contributed by atoms with van der Waals surface area (Å²) < 4.78 is 0.869. The third-order valence-corrected chi connectivity index (χ3v) is 8.29. The number of aryl methyl sites for hydroxylation is 1. The highest BCUT2D eigenvalue weighted by Gasteiger charge is 2.34. The van der Waals surface area contributed by atoms with E-state index in [4.69, 9.17) is 4.98 Å². The first kappa shape index (κ1) is 23.2. The highest BCUT2D eigenvalue weighted by atomic mass is 79.9. The minimum absolute atomic E-state index is 0.0129. The SMILES string of the molecule is Cc1cccc(-c2sc(C3CC3)nc2C(=O)N2CCCC[C@H]2CNC(=O)c2cccc(Br)c2)c1. The molecule has 1 aromatic heterocycles. The molecule has 1 atom stereocenters. The van der Waals surface area contributed by atoms with E-state index in [2.05, 4.69) is 46.4 Å². The van der Waals surface area contributed by atoms with Gasteiger partial charge in [-0.2, -0.15) is 0 Å². The van der Waals surface area contributed by atoms with Crippen molar-refractivity contribution in [1.82, 2.24) is 15.2 Å². The molecule has 1 saturated carbocycles. The van der Waals surface area contributed by atoms with E-state index in [9.17, 15) is 9.59 Å². The number of carbonyl (C=O) groups is 2. The molecule has 176 valence electrons. The number of nitrogens with one attached hydrogen (secondary N) is 1.